The zero-order chi connectivity index (χ0) is 18.4. The maximum absolute atomic E-state index is 12.5. The molecule has 0 saturated heterocycles. The second-order valence-electron chi connectivity index (χ2n) is 5.32. The summed E-state index contributed by atoms with van der Waals surface area (Å²) in [4.78, 5) is 35.3. The van der Waals surface area contributed by atoms with E-state index in [-0.39, 0.29) is 35.9 Å². The minimum atomic E-state index is -0.982. The van der Waals surface area contributed by atoms with Gasteiger partial charge in [0.2, 0.25) is 0 Å². The fourth-order valence-corrected chi connectivity index (χ4v) is 2.21. The summed E-state index contributed by atoms with van der Waals surface area (Å²) in [7, 11) is 1.60. The van der Waals surface area contributed by atoms with Crippen LogP contribution in [0, 0.1) is 0 Å². The Kier molecular flexibility index (Phi) is 5.88. The molecule has 2 heterocycles. The number of nitrogens with zero attached hydrogens (tertiary/aromatic N) is 4. The van der Waals surface area contributed by atoms with Gasteiger partial charge in [-0.25, -0.2) is 0 Å². The van der Waals surface area contributed by atoms with Crippen molar-refractivity contribution < 1.29 is 19.5 Å². The van der Waals surface area contributed by atoms with Gasteiger partial charge in [0.15, 0.2) is 0 Å². The Balaban J connectivity index is 2.15. The lowest BCUT2D eigenvalue weighted by Crippen LogP contribution is -2.28. The number of carboxylic acids is 1. The lowest BCUT2D eigenvalue weighted by atomic mass is 10.3. The fraction of sp³-hybridized carbons (Fsp3) is 0.400. The van der Waals surface area contributed by atoms with Crippen molar-refractivity contribution in [2.24, 2.45) is 7.05 Å². The molecule has 0 atom stereocenters. The summed E-state index contributed by atoms with van der Waals surface area (Å²) in [5.41, 5.74) is 0.704. The molecule has 0 fully saturated rings. The molecule has 0 saturated carbocycles. The van der Waals surface area contributed by atoms with Gasteiger partial charge in [0.1, 0.15) is 11.4 Å². The molecule has 134 valence electrons. The Morgan fingerprint density at radius 2 is 2.00 bits per heavy atom. The maximum atomic E-state index is 12.5. The zero-order valence-corrected chi connectivity index (χ0v) is 14.0. The Bertz CT molecular complexity index is 779. The van der Waals surface area contributed by atoms with Gasteiger partial charge in [0.25, 0.3) is 11.8 Å². The monoisotopic (exact) mass is 348 g/mol. The van der Waals surface area contributed by atoms with Gasteiger partial charge in [-0.2, -0.15) is 10.2 Å². The van der Waals surface area contributed by atoms with Gasteiger partial charge < -0.3 is 15.7 Å². The molecule has 0 aromatic carbocycles. The first-order valence-corrected chi connectivity index (χ1v) is 7.79. The van der Waals surface area contributed by atoms with E-state index in [1.54, 1.807) is 7.05 Å². The van der Waals surface area contributed by atoms with Crippen molar-refractivity contribution in [3.8, 4) is 0 Å². The molecule has 2 amide bonds. The van der Waals surface area contributed by atoms with E-state index in [9.17, 15) is 14.4 Å². The number of rotatable bonds is 8. The third-order valence-electron chi connectivity index (χ3n) is 3.42. The molecule has 0 spiro atoms. The lowest BCUT2D eigenvalue weighted by Gasteiger charge is -2.09. The van der Waals surface area contributed by atoms with Crippen molar-refractivity contribution in [2.75, 3.05) is 11.9 Å². The van der Waals surface area contributed by atoms with Crippen molar-refractivity contribution in [1.82, 2.24) is 24.9 Å². The van der Waals surface area contributed by atoms with Crippen LogP contribution >= 0.6 is 0 Å². The molecule has 2 rings (SSSR count). The Morgan fingerprint density at radius 1 is 1.24 bits per heavy atom. The Morgan fingerprint density at radius 3 is 2.68 bits per heavy atom. The summed E-state index contributed by atoms with van der Waals surface area (Å²) in [6.45, 7) is 2.52. The number of nitrogens with one attached hydrogen (secondary N) is 2. The summed E-state index contributed by atoms with van der Waals surface area (Å²) in [6.07, 6.45) is 3.43. The topological polar surface area (TPSA) is 131 Å². The van der Waals surface area contributed by atoms with Crippen molar-refractivity contribution >= 4 is 23.5 Å². The van der Waals surface area contributed by atoms with Crippen molar-refractivity contribution in [2.45, 2.75) is 26.3 Å². The van der Waals surface area contributed by atoms with Crippen LogP contribution in [0.5, 0.6) is 0 Å². The van der Waals surface area contributed by atoms with Gasteiger partial charge in [0, 0.05) is 19.8 Å². The normalized spacial score (nSPS) is 10.5. The van der Waals surface area contributed by atoms with Crippen LogP contribution in [0.3, 0.4) is 0 Å². The number of aryl methyl sites for hydroxylation is 2. The average Bonchev–Trinajstić information content (AvgIpc) is 3.17. The molecule has 0 aliphatic carbocycles. The van der Waals surface area contributed by atoms with Crippen LogP contribution in [-0.4, -0.2) is 49.0 Å². The average molecular weight is 348 g/mol. The third-order valence-corrected chi connectivity index (χ3v) is 3.42. The van der Waals surface area contributed by atoms with E-state index >= 15 is 0 Å². The molecule has 0 aliphatic rings. The number of carbonyl (C=O) groups excluding carboxylic acids is 2. The van der Waals surface area contributed by atoms with Crippen LogP contribution < -0.4 is 10.6 Å². The first kappa shape index (κ1) is 18.2. The zero-order valence-electron chi connectivity index (χ0n) is 14.0. The molecular formula is C15H20N6O4. The van der Waals surface area contributed by atoms with Crippen molar-refractivity contribution in [3.05, 3.63) is 29.8 Å². The van der Waals surface area contributed by atoms with Gasteiger partial charge in [0.05, 0.1) is 24.8 Å². The third kappa shape index (κ3) is 4.43. The molecule has 25 heavy (non-hydrogen) atoms. The van der Waals surface area contributed by atoms with Crippen molar-refractivity contribution in [1.29, 1.82) is 0 Å². The van der Waals surface area contributed by atoms with Gasteiger partial charge >= 0.3 is 5.97 Å². The van der Waals surface area contributed by atoms with E-state index in [2.05, 4.69) is 20.8 Å². The predicted octanol–water partition coefficient (Wildman–Crippen LogP) is 0.483. The summed E-state index contributed by atoms with van der Waals surface area (Å²) in [5.74, 6) is -1.82. The predicted molar refractivity (Wildman–Crippen MR) is 88.3 cm³/mol. The number of anilines is 1. The minimum Gasteiger partial charge on any atom is -0.481 e. The van der Waals surface area contributed by atoms with Crippen LogP contribution in [0.25, 0.3) is 0 Å². The van der Waals surface area contributed by atoms with E-state index in [0.717, 1.165) is 6.42 Å². The van der Waals surface area contributed by atoms with Crippen LogP contribution in [0.15, 0.2) is 18.5 Å². The quantitative estimate of drug-likeness (QED) is 0.636. The Hall–Kier alpha value is -3.17. The SMILES string of the molecule is CCCNC(=O)c1c(NC(=O)c2ccnn2CCC(=O)O)cnn1C. The molecule has 10 nitrogen and oxygen atoms in total. The number of amides is 2. The van der Waals surface area contributed by atoms with Gasteiger partial charge in [-0.1, -0.05) is 6.92 Å². The molecule has 10 heteroatoms. The van der Waals surface area contributed by atoms with E-state index in [1.807, 2.05) is 6.92 Å². The highest BCUT2D eigenvalue weighted by molar-refractivity contribution is 6.07. The molecule has 0 radical (unpaired) electrons. The van der Waals surface area contributed by atoms with Crippen LogP contribution in [-0.2, 0) is 18.4 Å². The first-order chi connectivity index (χ1) is 11.9. The van der Waals surface area contributed by atoms with Gasteiger partial charge in [-0.05, 0) is 12.5 Å². The number of aromatic nitrogens is 4. The molecule has 0 bridgehead atoms. The molecule has 0 unspecified atom stereocenters. The molecule has 0 aliphatic heterocycles. The summed E-state index contributed by atoms with van der Waals surface area (Å²) >= 11 is 0. The second kappa shape index (κ2) is 8.08. The highest BCUT2D eigenvalue weighted by Crippen LogP contribution is 2.15. The van der Waals surface area contributed by atoms with E-state index in [0.29, 0.717) is 6.54 Å². The standard InChI is InChI=1S/C15H20N6O4/c1-3-6-16-15(25)13-10(9-18-20(13)2)19-14(24)11-4-7-17-21(11)8-5-12(22)23/h4,7,9H,3,5-6,8H2,1-2H3,(H,16,25)(H,19,24)(H,22,23). The lowest BCUT2D eigenvalue weighted by molar-refractivity contribution is -0.137. The Labute approximate surface area is 143 Å². The summed E-state index contributed by atoms with van der Waals surface area (Å²) in [6, 6.07) is 1.48. The smallest absolute Gasteiger partial charge is 0.305 e. The van der Waals surface area contributed by atoms with Crippen molar-refractivity contribution in [3.63, 3.8) is 0 Å². The van der Waals surface area contributed by atoms with E-state index < -0.39 is 11.9 Å². The summed E-state index contributed by atoms with van der Waals surface area (Å²) < 4.78 is 2.68. The number of aliphatic carboxylic acids is 1. The maximum Gasteiger partial charge on any atom is 0.305 e. The van der Waals surface area contributed by atoms with Gasteiger partial charge in [-0.3, -0.25) is 23.7 Å². The number of carbonyl (C=O) groups is 3. The van der Waals surface area contributed by atoms with E-state index in [4.69, 9.17) is 5.11 Å². The molecule has 2 aromatic heterocycles. The molecule has 2 aromatic rings. The highest BCUT2D eigenvalue weighted by Gasteiger charge is 2.20. The fourth-order valence-electron chi connectivity index (χ4n) is 2.21. The van der Waals surface area contributed by atoms with E-state index in [1.165, 1.54) is 27.8 Å². The number of hydrogen-bond acceptors (Lipinski definition) is 5. The summed E-state index contributed by atoms with van der Waals surface area (Å²) in [5, 5.41) is 22.1. The highest BCUT2D eigenvalue weighted by atomic mass is 16.4. The largest absolute Gasteiger partial charge is 0.481 e. The van der Waals surface area contributed by atoms with Crippen LogP contribution in [0.1, 0.15) is 40.7 Å². The second-order valence-corrected chi connectivity index (χ2v) is 5.32. The first-order valence-electron chi connectivity index (χ1n) is 7.79. The van der Waals surface area contributed by atoms with Crippen LogP contribution in [0.4, 0.5) is 5.69 Å². The minimum absolute atomic E-state index is 0.0714. The van der Waals surface area contributed by atoms with Crippen LogP contribution in [0.2, 0.25) is 0 Å². The number of carboxylic acid groups (broad SMARTS) is 1. The number of hydrogen-bond donors (Lipinski definition) is 3. The van der Waals surface area contributed by atoms with Gasteiger partial charge in [-0.15, -0.1) is 0 Å². The molecule has 3 N–H and O–H groups in total. The molecular weight excluding hydrogens is 328 g/mol.